The monoisotopic (exact) mass is 327 g/mol. The van der Waals surface area contributed by atoms with E-state index in [1.165, 1.54) is 0 Å². The third-order valence-corrected chi connectivity index (χ3v) is 4.34. The maximum atomic E-state index is 12.4. The molecule has 2 amide bonds. The fourth-order valence-corrected chi connectivity index (χ4v) is 3.09. The number of nitrogens with one attached hydrogen (secondary N) is 2. The molecule has 0 aliphatic heterocycles. The molecule has 1 fully saturated rings. The van der Waals surface area contributed by atoms with E-state index in [9.17, 15) is 9.59 Å². The predicted octanol–water partition coefficient (Wildman–Crippen LogP) is 2.20. The second kappa shape index (κ2) is 7.29. The van der Waals surface area contributed by atoms with E-state index in [0.29, 0.717) is 12.1 Å². The molecule has 126 valence electrons. The molecule has 0 unspecified atom stereocenters. The van der Waals surface area contributed by atoms with Crippen LogP contribution in [0.15, 0.2) is 41.1 Å². The summed E-state index contributed by atoms with van der Waals surface area (Å²) in [5, 5.41) is 5.88. The van der Waals surface area contributed by atoms with Crippen LogP contribution in [0.3, 0.4) is 0 Å². The van der Waals surface area contributed by atoms with E-state index in [1.807, 2.05) is 19.1 Å². The normalized spacial score (nSPS) is 19.9. The number of furan rings is 1. The predicted molar refractivity (Wildman–Crippen MR) is 88.1 cm³/mol. The van der Waals surface area contributed by atoms with Gasteiger partial charge in [0.1, 0.15) is 11.5 Å². The van der Waals surface area contributed by atoms with Crippen LogP contribution in [0.1, 0.15) is 41.1 Å². The number of hydrogen-bond acceptors (Lipinski definition) is 4. The van der Waals surface area contributed by atoms with E-state index in [2.05, 4.69) is 15.6 Å². The fraction of sp³-hybridized carbons (Fsp3) is 0.389. The van der Waals surface area contributed by atoms with Crippen molar-refractivity contribution in [2.24, 2.45) is 5.92 Å². The number of amides is 2. The molecular formula is C18H21N3O3. The Labute approximate surface area is 140 Å². The molecule has 0 saturated heterocycles. The minimum Gasteiger partial charge on any atom is -0.465 e. The van der Waals surface area contributed by atoms with Gasteiger partial charge in [-0.3, -0.25) is 14.6 Å². The van der Waals surface area contributed by atoms with E-state index in [-0.39, 0.29) is 23.8 Å². The first kappa shape index (κ1) is 16.2. The summed E-state index contributed by atoms with van der Waals surface area (Å²) in [5.41, 5.74) is 0.558. The number of carbonyl (C=O) groups excluding carboxylic acids is 2. The van der Waals surface area contributed by atoms with E-state index >= 15 is 0 Å². The Bertz CT molecular complexity index is 711. The van der Waals surface area contributed by atoms with Gasteiger partial charge < -0.3 is 15.1 Å². The van der Waals surface area contributed by atoms with Crippen LogP contribution in [0, 0.1) is 12.8 Å². The number of pyridine rings is 1. The van der Waals surface area contributed by atoms with Crippen molar-refractivity contribution < 1.29 is 14.0 Å². The van der Waals surface area contributed by atoms with Gasteiger partial charge in [0.2, 0.25) is 5.91 Å². The Kier molecular flexibility index (Phi) is 4.93. The van der Waals surface area contributed by atoms with Gasteiger partial charge in [-0.05, 0) is 44.0 Å². The average molecular weight is 327 g/mol. The second-order valence-electron chi connectivity index (χ2n) is 6.08. The van der Waals surface area contributed by atoms with Crippen LogP contribution in [-0.2, 0) is 11.3 Å². The molecule has 24 heavy (non-hydrogen) atoms. The van der Waals surface area contributed by atoms with Gasteiger partial charge in [-0.15, -0.1) is 0 Å². The quantitative estimate of drug-likeness (QED) is 0.882. The van der Waals surface area contributed by atoms with Crippen LogP contribution in [0.2, 0.25) is 0 Å². The third-order valence-electron chi connectivity index (χ3n) is 4.34. The molecule has 0 radical (unpaired) electrons. The first-order chi connectivity index (χ1) is 11.6. The van der Waals surface area contributed by atoms with E-state index in [0.717, 1.165) is 30.8 Å². The minimum atomic E-state index is -0.202. The summed E-state index contributed by atoms with van der Waals surface area (Å²) in [6.07, 6.45) is 5.69. The standard InChI is InChI=1S/C18H21N3O3/c1-12-5-6-14(24-12)11-20-18(23)15-3-2-4-16(15)21-17(22)13-7-9-19-10-8-13/h5-10,15-16H,2-4,11H2,1H3,(H,20,23)(H,21,22)/t15-,16+/m0/s1. The van der Waals surface area contributed by atoms with Gasteiger partial charge in [0.25, 0.3) is 5.91 Å². The first-order valence-electron chi connectivity index (χ1n) is 8.17. The molecule has 2 aromatic rings. The Balaban J connectivity index is 1.56. The summed E-state index contributed by atoms with van der Waals surface area (Å²) < 4.78 is 5.46. The molecule has 1 aliphatic rings. The van der Waals surface area contributed by atoms with E-state index in [4.69, 9.17) is 4.42 Å². The van der Waals surface area contributed by atoms with Crippen molar-refractivity contribution in [1.29, 1.82) is 0 Å². The lowest BCUT2D eigenvalue weighted by atomic mass is 10.0. The van der Waals surface area contributed by atoms with Gasteiger partial charge >= 0.3 is 0 Å². The molecule has 1 aliphatic carbocycles. The maximum absolute atomic E-state index is 12.4. The van der Waals surface area contributed by atoms with Gasteiger partial charge in [-0.2, -0.15) is 0 Å². The summed E-state index contributed by atoms with van der Waals surface area (Å²) in [6, 6.07) is 6.92. The number of carbonyl (C=O) groups is 2. The SMILES string of the molecule is Cc1ccc(CNC(=O)[C@H]2CCC[C@H]2NC(=O)c2ccncc2)o1. The zero-order valence-electron chi connectivity index (χ0n) is 13.6. The van der Waals surface area contributed by atoms with Crippen LogP contribution < -0.4 is 10.6 Å². The number of hydrogen-bond donors (Lipinski definition) is 2. The molecule has 3 rings (SSSR count). The lowest BCUT2D eigenvalue weighted by Crippen LogP contribution is -2.43. The van der Waals surface area contributed by atoms with Gasteiger partial charge in [-0.1, -0.05) is 6.42 Å². The van der Waals surface area contributed by atoms with Crippen molar-refractivity contribution in [3.05, 3.63) is 53.7 Å². The van der Waals surface area contributed by atoms with Crippen molar-refractivity contribution in [1.82, 2.24) is 15.6 Å². The number of aryl methyl sites for hydroxylation is 1. The molecule has 6 heteroatoms. The summed E-state index contributed by atoms with van der Waals surface area (Å²) >= 11 is 0. The van der Waals surface area contributed by atoms with E-state index in [1.54, 1.807) is 24.5 Å². The van der Waals surface area contributed by atoms with Gasteiger partial charge in [0, 0.05) is 24.0 Å². The van der Waals surface area contributed by atoms with Gasteiger partial charge in [-0.25, -0.2) is 0 Å². The minimum absolute atomic E-state index is 0.0402. The number of nitrogens with zero attached hydrogens (tertiary/aromatic N) is 1. The highest BCUT2D eigenvalue weighted by atomic mass is 16.3. The molecule has 0 bridgehead atoms. The summed E-state index contributed by atoms with van der Waals surface area (Å²) in [6.45, 7) is 2.24. The summed E-state index contributed by atoms with van der Waals surface area (Å²) in [7, 11) is 0. The lowest BCUT2D eigenvalue weighted by molar-refractivity contribution is -0.125. The third kappa shape index (κ3) is 3.82. The van der Waals surface area contributed by atoms with E-state index < -0.39 is 0 Å². The zero-order valence-corrected chi connectivity index (χ0v) is 13.6. The summed E-state index contributed by atoms with van der Waals surface area (Å²) in [5.74, 6) is 1.15. The van der Waals surface area contributed by atoms with Gasteiger partial charge in [0.15, 0.2) is 0 Å². The van der Waals surface area contributed by atoms with Crippen LogP contribution in [0.5, 0.6) is 0 Å². The second-order valence-corrected chi connectivity index (χ2v) is 6.08. The summed E-state index contributed by atoms with van der Waals surface area (Å²) in [4.78, 5) is 28.6. The number of rotatable bonds is 5. The lowest BCUT2D eigenvalue weighted by Gasteiger charge is -2.20. The van der Waals surface area contributed by atoms with Gasteiger partial charge in [0.05, 0.1) is 12.5 Å². The molecule has 6 nitrogen and oxygen atoms in total. The number of aromatic nitrogens is 1. The fourth-order valence-electron chi connectivity index (χ4n) is 3.09. The first-order valence-corrected chi connectivity index (χ1v) is 8.17. The molecule has 2 atom stereocenters. The highest BCUT2D eigenvalue weighted by molar-refractivity contribution is 5.94. The Morgan fingerprint density at radius 3 is 2.71 bits per heavy atom. The Hall–Kier alpha value is -2.63. The van der Waals surface area contributed by atoms with Crippen LogP contribution in [-0.4, -0.2) is 22.8 Å². The maximum Gasteiger partial charge on any atom is 0.251 e. The van der Waals surface area contributed by atoms with Crippen molar-refractivity contribution in [3.63, 3.8) is 0 Å². The van der Waals surface area contributed by atoms with Crippen molar-refractivity contribution in [3.8, 4) is 0 Å². The van der Waals surface area contributed by atoms with Crippen molar-refractivity contribution in [2.75, 3.05) is 0 Å². The molecule has 2 heterocycles. The molecule has 0 aromatic carbocycles. The van der Waals surface area contributed by atoms with Crippen molar-refractivity contribution in [2.45, 2.75) is 38.8 Å². The largest absolute Gasteiger partial charge is 0.465 e. The highest BCUT2D eigenvalue weighted by Crippen LogP contribution is 2.26. The van der Waals surface area contributed by atoms with Crippen LogP contribution in [0.25, 0.3) is 0 Å². The van der Waals surface area contributed by atoms with Crippen LogP contribution >= 0.6 is 0 Å². The molecule has 0 spiro atoms. The topological polar surface area (TPSA) is 84.2 Å². The Morgan fingerprint density at radius 1 is 1.21 bits per heavy atom. The molecule has 2 N–H and O–H groups in total. The average Bonchev–Trinajstić information content (AvgIpc) is 3.22. The molecule has 2 aromatic heterocycles. The molecule has 1 saturated carbocycles. The Morgan fingerprint density at radius 2 is 2.00 bits per heavy atom. The highest BCUT2D eigenvalue weighted by Gasteiger charge is 2.34. The molecular weight excluding hydrogens is 306 g/mol. The zero-order chi connectivity index (χ0) is 16.9. The van der Waals surface area contributed by atoms with Crippen molar-refractivity contribution >= 4 is 11.8 Å². The van der Waals surface area contributed by atoms with Crippen LogP contribution in [0.4, 0.5) is 0 Å². The smallest absolute Gasteiger partial charge is 0.251 e.